The van der Waals surface area contributed by atoms with Crippen LogP contribution < -0.4 is 10.0 Å². The summed E-state index contributed by atoms with van der Waals surface area (Å²) in [6, 6.07) is 14.2. The quantitative estimate of drug-likeness (QED) is 0.761. The minimum atomic E-state index is -3.62. The number of nitrogens with one attached hydrogen (secondary N) is 2. The number of benzene rings is 2. The maximum absolute atomic E-state index is 12.7. The lowest BCUT2D eigenvalue weighted by molar-refractivity contribution is 0.0932. The molecule has 7 heteroatoms. The predicted molar refractivity (Wildman–Crippen MR) is 110 cm³/mol. The highest BCUT2D eigenvalue weighted by molar-refractivity contribution is 7.89. The van der Waals surface area contributed by atoms with E-state index in [0.717, 1.165) is 32.1 Å². The van der Waals surface area contributed by atoms with Crippen molar-refractivity contribution in [1.82, 2.24) is 10.0 Å². The molecule has 0 spiro atoms. The number of rotatable bonds is 6. The van der Waals surface area contributed by atoms with Crippen molar-refractivity contribution < 1.29 is 17.9 Å². The lowest BCUT2D eigenvalue weighted by Gasteiger charge is -2.26. The van der Waals surface area contributed by atoms with Crippen LogP contribution in [0.3, 0.4) is 0 Å². The Morgan fingerprint density at radius 2 is 1.83 bits per heavy atom. The summed E-state index contributed by atoms with van der Waals surface area (Å²) in [6.07, 6.45) is 4.74. The van der Waals surface area contributed by atoms with E-state index in [0.29, 0.717) is 12.2 Å². The van der Waals surface area contributed by atoms with E-state index < -0.39 is 10.0 Å². The van der Waals surface area contributed by atoms with Crippen molar-refractivity contribution in [1.29, 1.82) is 0 Å². The van der Waals surface area contributed by atoms with Crippen molar-refractivity contribution in [2.24, 2.45) is 0 Å². The molecule has 1 aliphatic heterocycles. The van der Waals surface area contributed by atoms with E-state index in [4.69, 9.17) is 4.74 Å². The van der Waals surface area contributed by atoms with Crippen LogP contribution in [-0.2, 0) is 21.2 Å². The van der Waals surface area contributed by atoms with Gasteiger partial charge in [-0.2, -0.15) is 0 Å². The summed E-state index contributed by atoms with van der Waals surface area (Å²) in [7, 11) is -3.62. The van der Waals surface area contributed by atoms with Gasteiger partial charge in [0.1, 0.15) is 0 Å². The molecule has 1 heterocycles. The monoisotopic (exact) mass is 414 g/mol. The number of ether oxygens (including phenoxy) is 1. The van der Waals surface area contributed by atoms with Gasteiger partial charge in [0.2, 0.25) is 10.0 Å². The summed E-state index contributed by atoms with van der Waals surface area (Å²) in [5.41, 5.74) is 2.90. The average Bonchev–Trinajstić information content (AvgIpc) is 3.26. The Kier molecular flexibility index (Phi) is 5.99. The van der Waals surface area contributed by atoms with Gasteiger partial charge in [-0.05, 0) is 67.5 Å². The molecule has 1 amide bonds. The van der Waals surface area contributed by atoms with Gasteiger partial charge in [-0.25, -0.2) is 13.1 Å². The van der Waals surface area contributed by atoms with Crippen molar-refractivity contribution in [2.75, 3.05) is 13.2 Å². The molecule has 0 aromatic heterocycles. The first-order valence-corrected chi connectivity index (χ1v) is 11.6. The van der Waals surface area contributed by atoms with E-state index in [1.807, 2.05) is 12.1 Å². The number of sulfonamides is 1. The Labute approximate surface area is 171 Å². The third-order valence-electron chi connectivity index (χ3n) is 5.63. The van der Waals surface area contributed by atoms with E-state index in [1.165, 1.54) is 23.3 Å². The third-order valence-corrected chi connectivity index (χ3v) is 7.07. The molecule has 1 aliphatic carbocycles. The molecule has 0 saturated carbocycles. The van der Waals surface area contributed by atoms with E-state index in [1.54, 1.807) is 12.1 Å². The summed E-state index contributed by atoms with van der Waals surface area (Å²) in [5.74, 6) is -0.192. The highest BCUT2D eigenvalue weighted by Gasteiger charge is 2.23. The molecule has 2 aliphatic rings. The normalized spacial score (nSPS) is 21.5. The fourth-order valence-electron chi connectivity index (χ4n) is 4.02. The number of aryl methyl sites for hydroxylation is 1. The van der Waals surface area contributed by atoms with Crippen LogP contribution in [0.4, 0.5) is 0 Å². The van der Waals surface area contributed by atoms with Crippen LogP contribution in [0.2, 0.25) is 0 Å². The summed E-state index contributed by atoms with van der Waals surface area (Å²) in [6.45, 7) is 0.952. The first-order valence-electron chi connectivity index (χ1n) is 10.1. The Bertz CT molecular complexity index is 967. The van der Waals surface area contributed by atoms with Gasteiger partial charge in [-0.1, -0.05) is 24.3 Å². The van der Waals surface area contributed by atoms with E-state index in [-0.39, 0.29) is 29.5 Å². The first-order chi connectivity index (χ1) is 14.0. The maximum atomic E-state index is 12.7. The zero-order valence-corrected chi connectivity index (χ0v) is 17.1. The fourth-order valence-corrected chi connectivity index (χ4v) is 5.09. The van der Waals surface area contributed by atoms with Gasteiger partial charge in [0.05, 0.1) is 17.0 Å². The van der Waals surface area contributed by atoms with Gasteiger partial charge in [-0.15, -0.1) is 0 Å². The Balaban J connectivity index is 1.40. The van der Waals surface area contributed by atoms with Crippen LogP contribution >= 0.6 is 0 Å². The maximum Gasteiger partial charge on any atom is 0.251 e. The van der Waals surface area contributed by atoms with Gasteiger partial charge in [0.25, 0.3) is 5.91 Å². The zero-order chi connectivity index (χ0) is 20.3. The summed E-state index contributed by atoms with van der Waals surface area (Å²) >= 11 is 0. The second kappa shape index (κ2) is 8.65. The number of carbonyl (C=O) groups excluding carboxylic acids is 1. The van der Waals surface area contributed by atoms with Gasteiger partial charge in [-0.3, -0.25) is 4.79 Å². The highest BCUT2D eigenvalue weighted by atomic mass is 32.2. The van der Waals surface area contributed by atoms with Gasteiger partial charge in [0, 0.05) is 18.7 Å². The smallest absolute Gasteiger partial charge is 0.251 e. The number of hydrogen-bond donors (Lipinski definition) is 2. The lowest BCUT2D eigenvalue weighted by atomic mass is 9.87. The van der Waals surface area contributed by atoms with Crippen LogP contribution in [0.15, 0.2) is 53.4 Å². The summed E-state index contributed by atoms with van der Waals surface area (Å²) in [5, 5.41) is 3.09. The molecule has 0 unspecified atom stereocenters. The highest BCUT2D eigenvalue weighted by Crippen LogP contribution is 2.29. The van der Waals surface area contributed by atoms with Crippen LogP contribution in [0.5, 0.6) is 0 Å². The number of fused-ring (bicyclic) bond motifs is 1. The summed E-state index contributed by atoms with van der Waals surface area (Å²) < 4.78 is 33.0. The topological polar surface area (TPSA) is 84.5 Å². The van der Waals surface area contributed by atoms with Gasteiger partial charge < -0.3 is 10.1 Å². The SMILES string of the molecule is O=C(N[C@H]1CCCc2ccccc21)c1ccc(S(=O)(=O)NC[C@H]2CCCO2)cc1. The minimum Gasteiger partial charge on any atom is -0.377 e. The van der Waals surface area contributed by atoms with Crippen LogP contribution in [0.25, 0.3) is 0 Å². The third kappa shape index (κ3) is 4.69. The number of amides is 1. The Morgan fingerprint density at radius 1 is 1.03 bits per heavy atom. The lowest BCUT2D eigenvalue weighted by Crippen LogP contribution is -2.32. The zero-order valence-electron chi connectivity index (χ0n) is 16.3. The fraction of sp³-hybridized carbons (Fsp3) is 0.409. The standard InChI is InChI=1S/C22H26N2O4S/c25-22(24-21-9-3-6-16-5-1-2-8-20(16)21)17-10-12-19(13-11-17)29(26,27)23-15-18-7-4-14-28-18/h1-2,5,8,10-13,18,21,23H,3-4,6-7,9,14-15H2,(H,24,25)/t18-,21+/m1/s1. The van der Waals surface area contributed by atoms with E-state index in [9.17, 15) is 13.2 Å². The van der Waals surface area contributed by atoms with Crippen molar-refractivity contribution in [3.05, 3.63) is 65.2 Å². The van der Waals surface area contributed by atoms with Crippen molar-refractivity contribution >= 4 is 15.9 Å². The van der Waals surface area contributed by atoms with E-state index >= 15 is 0 Å². The number of carbonyl (C=O) groups is 1. The Hall–Kier alpha value is -2.22. The Morgan fingerprint density at radius 3 is 2.59 bits per heavy atom. The minimum absolute atomic E-state index is 0.0102. The second-order valence-corrected chi connectivity index (χ2v) is 9.40. The van der Waals surface area contributed by atoms with Crippen LogP contribution in [0.1, 0.15) is 53.2 Å². The molecular weight excluding hydrogens is 388 g/mol. The van der Waals surface area contributed by atoms with Crippen molar-refractivity contribution in [3.8, 4) is 0 Å². The van der Waals surface area contributed by atoms with Gasteiger partial charge in [0.15, 0.2) is 0 Å². The summed E-state index contributed by atoms with van der Waals surface area (Å²) in [4.78, 5) is 12.8. The van der Waals surface area contributed by atoms with Crippen molar-refractivity contribution in [3.63, 3.8) is 0 Å². The van der Waals surface area contributed by atoms with Crippen LogP contribution in [0, 0.1) is 0 Å². The molecular formula is C22H26N2O4S. The molecule has 0 radical (unpaired) electrons. The average molecular weight is 415 g/mol. The molecule has 0 bridgehead atoms. The largest absolute Gasteiger partial charge is 0.377 e. The molecule has 4 rings (SSSR count). The molecule has 2 N–H and O–H groups in total. The van der Waals surface area contributed by atoms with Crippen molar-refractivity contribution in [2.45, 2.75) is 49.1 Å². The molecule has 6 nitrogen and oxygen atoms in total. The molecule has 2 aromatic carbocycles. The molecule has 2 atom stereocenters. The van der Waals surface area contributed by atoms with Crippen LogP contribution in [-0.4, -0.2) is 33.6 Å². The predicted octanol–water partition coefficient (Wildman–Crippen LogP) is 2.95. The van der Waals surface area contributed by atoms with Gasteiger partial charge >= 0.3 is 0 Å². The molecule has 154 valence electrons. The molecule has 29 heavy (non-hydrogen) atoms. The molecule has 1 saturated heterocycles. The molecule has 2 aromatic rings. The van der Waals surface area contributed by atoms with E-state index in [2.05, 4.69) is 22.2 Å². The molecule has 1 fully saturated rings. The number of hydrogen-bond acceptors (Lipinski definition) is 4. The second-order valence-electron chi connectivity index (χ2n) is 7.63. The first kappa shape index (κ1) is 20.1.